The van der Waals surface area contributed by atoms with Crippen LogP contribution in [0, 0.1) is 13.8 Å². The van der Waals surface area contributed by atoms with Crippen LogP contribution in [0.15, 0.2) is 11.1 Å². The molecule has 6 nitrogen and oxygen atoms in total. The molecule has 21 heavy (non-hydrogen) atoms. The predicted octanol–water partition coefficient (Wildman–Crippen LogP) is 1.10. The summed E-state index contributed by atoms with van der Waals surface area (Å²) >= 11 is 1.50. The second-order valence-corrected chi connectivity index (χ2v) is 6.13. The average molecular weight is 308 g/mol. The molecule has 0 bridgehead atoms. The normalized spacial score (nSPS) is 12.6. The Morgan fingerprint density at radius 3 is 2.86 bits per heavy atom. The molecule has 0 spiro atoms. The van der Waals surface area contributed by atoms with Gasteiger partial charge in [0.05, 0.1) is 11.7 Å². The molecular weight excluding hydrogens is 288 g/mol. The molecule has 7 heteroatoms. The molecule has 2 aromatic rings. The third kappa shape index (κ3) is 2.84. The molecule has 1 unspecified atom stereocenters. The van der Waals surface area contributed by atoms with E-state index in [2.05, 4.69) is 10.3 Å². The Morgan fingerprint density at radius 1 is 1.52 bits per heavy atom. The number of aromatic nitrogens is 2. The Balaban J connectivity index is 2.50. The van der Waals surface area contributed by atoms with E-state index >= 15 is 0 Å². The van der Waals surface area contributed by atoms with Gasteiger partial charge in [0.15, 0.2) is 0 Å². The van der Waals surface area contributed by atoms with Crippen LogP contribution >= 0.6 is 11.3 Å². The number of nitrogens with zero attached hydrogens (tertiary/aromatic N) is 2. The van der Waals surface area contributed by atoms with Gasteiger partial charge in [0.25, 0.3) is 5.56 Å². The molecule has 0 fully saturated rings. The van der Waals surface area contributed by atoms with Crippen molar-refractivity contribution in [1.29, 1.82) is 0 Å². The Bertz CT molecular complexity index is 720. The topological polar surface area (TPSA) is 90.0 Å². The van der Waals surface area contributed by atoms with Crippen LogP contribution in [0.5, 0.6) is 0 Å². The standard InChI is InChI=1S/C14H20N4O2S/c1-4-10(12(19)16-6-5-15)18-7-17-13-11(14(18)20)8(2)9(3)21-13/h7,10H,4-6,15H2,1-3H3,(H,16,19). The predicted molar refractivity (Wildman–Crippen MR) is 84.7 cm³/mol. The summed E-state index contributed by atoms with van der Waals surface area (Å²) in [5.74, 6) is -0.198. The van der Waals surface area contributed by atoms with Crippen molar-refractivity contribution in [2.75, 3.05) is 13.1 Å². The van der Waals surface area contributed by atoms with Crippen molar-refractivity contribution < 1.29 is 4.79 Å². The van der Waals surface area contributed by atoms with Gasteiger partial charge in [-0.15, -0.1) is 11.3 Å². The molecule has 0 aliphatic rings. The third-order valence-electron chi connectivity index (χ3n) is 3.58. The number of nitrogens with one attached hydrogen (secondary N) is 1. The highest BCUT2D eigenvalue weighted by atomic mass is 32.1. The highest BCUT2D eigenvalue weighted by Gasteiger charge is 2.21. The zero-order chi connectivity index (χ0) is 15.6. The molecule has 0 radical (unpaired) electrons. The number of amides is 1. The summed E-state index contributed by atoms with van der Waals surface area (Å²) in [5, 5.41) is 3.34. The van der Waals surface area contributed by atoms with Crippen LogP contribution < -0.4 is 16.6 Å². The van der Waals surface area contributed by atoms with Gasteiger partial charge in [-0.3, -0.25) is 14.2 Å². The van der Waals surface area contributed by atoms with Crippen molar-refractivity contribution in [2.45, 2.75) is 33.2 Å². The van der Waals surface area contributed by atoms with Gasteiger partial charge in [0.2, 0.25) is 5.91 Å². The Morgan fingerprint density at radius 2 is 2.24 bits per heavy atom. The van der Waals surface area contributed by atoms with Gasteiger partial charge in [-0.25, -0.2) is 4.98 Å². The zero-order valence-electron chi connectivity index (χ0n) is 12.5. The van der Waals surface area contributed by atoms with Crippen LogP contribution in [0.25, 0.3) is 10.2 Å². The fraction of sp³-hybridized carbons (Fsp3) is 0.500. The van der Waals surface area contributed by atoms with Crippen LogP contribution in [-0.4, -0.2) is 28.5 Å². The Kier molecular flexibility index (Phi) is 4.74. The lowest BCUT2D eigenvalue weighted by atomic mass is 10.2. The molecule has 1 atom stereocenters. The number of fused-ring (bicyclic) bond motifs is 1. The fourth-order valence-electron chi connectivity index (χ4n) is 2.29. The molecule has 0 saturated heterocycles. The minimum Gasteiger partial charge on any atom is -0.353 e. The lowest BCUT2D eigenvalue weighted by Crippen LogP contribution is -2.39. The number of rotatable bonds is 5. The van der Waals surface area contributed by atoms with E-state index in [9.17, 15) is 9.59 Å². The average Bonchev–Trinajstić information content (AvgIpc) is 2.75. The van der Waals surface area contributed by atoms with Gasteiger partial charge in [0.1, 0.15) is 10.9 Å². The number of hydrogen-bond donors (Lipinski definition) is 2. The number of carbonyl (C=O) groups is 1. The minimum absolute atomic E-state index is 0.156. The molecule has 114 valence electrons. The first-order valence-electron chi connectivity index (χ1n) is 6.95. The lowest BCUT2D eigenvalue weighted by molar-refractivity contribution is -0.124. The van der Waals surface area contributed by atoms with Crippen LogP contribution in [0.2, 0.25) is 0 Å². The molecule has 0 saturated carbocycles. The summed E-state index contributed by atoms with van der Waals surface area (Å²) < 4.78 is 1.42. The molecule has 0 aromatic carbocycles. The van der Waals surface area contributed by atoms with Gasteiger partial charge in [-0.1, -0.05) is 6.92 Å². The fourth-order valence-corrected chi connectivity index (χ4v) is 3.28. The second-order valence-electron chi connectivity index (χ2n) is 4.92. The third-order valence-corrected chi connectivity index (χ3v) is 4.70. The van der Waals surface area contributed by atoms with E-state index in [-0.39, 0.29) is 11.5 Å². The Hall–Kier alpha value is -1.73. The van der Waals surface area contributed by atoms with Gasteiger partial charge in [0, 0.05) is 18.0 Å². The maximum atomic E-state index is 12.7. The van der Waals surface area contributed by atoms with Crippen molar-refractivity contribution in [1.82, 2.24) is 14.9 Å². The van der Waals surface area contributed by atoms with Gasteiger partial charge in [-0.2, -0.15) is 0 Å². The minimum atomic E-state index is -0.555. The van der Waals surface area contributed by atoms with Crippen molar-refractivity contribution in [2.24, 2.45) is 5.73 Å². The zero-order valence-corrected chi connectivity index (χ0v) is 13.3. The second kappa shape index (κ2) is 6.36. The number of hydrogen-bond acceptors (Lipinski definition) is 5. The van der Waals surface area contributed by atoms with E-state index in [0.717, 1.165) is 15.3 Å². The van der Waals surface area contributed by atoms with Crippen molar-refractivity contribution in [3.05, 3.63) is 27.1 Å². The van der Waals surface area contributed by atoms with E-state index in [0.29, 0.717) is 24.9 Å². The largest absolute Gasteiger partial charge is 0.353 e. The van der Waals surface area contributed by atoms with Crippen molar-refractivity contribution in [3.8, 4) is 0 Å². The maximum Gasteiger partial charge on any atom is 0.263 e. The number of aryl methyl sites for hydroxylation is 2. The van der Waals surface area contributed by atoms with Crippen molar-refractivity contribution >= 4 is 27.5 Å². The number of carbonyl (C=O) groups excluding carboxylic acids is 1. The monoisotopic (exact) mass is 308 g/mol. The molecule has 0 aliphatic heterocycles. The van der Waals surface area contributed by atoms with E-state index in [1.807, 2.05) is 20.8 Å². The summed E-state index contributed by atoms with van der Waals surface area (Å²) in [7, 11) is 0. The first kappa shape index (κ1) is 15.7. The van der Waals surface area contributed by atoms with Crippen LogP contribution in [0.1, 0.15) is 29.8 Å². The van der Waals surface area contributed by atoms with E-state index in [4.69, 9.17) is 5.73 Å². The van der Waals surface area contributed by atoms with E-state index in [1.54, 1.807) is 0 Å². The van der Waals surface area contributed by atoms with Crippen LogP contribution in [0.3, 0.4) is 0 Å². The first-order valence-corrected chi connectivity index (χ1v) is 7.77. The first-order chi connectivity index (χ1) is 10.0. The van der Waals surface area contributed by atoms with E-state index in [1.165, 1.54) is 22.2 Å². The summed E-state index contributed by atoms with van der Waals surface area (Å²) in [5.41, 5.74) is 6.18. The van der Waals surface area contributed by atoms with Gasteiger partial charge >= 0.3 is 0 Å². The smallest absolute Gasteiger partial charge is 0.263 e. The van der Waals surface area contributed by atoms with Gasteiger partial charge < -0.3 is 11.1 Å². The molecule has 1 amide bonds. The molecular formula is C14H20N4O2S. The molecule has 3 N–H and O–H groups in total. The highest BCUT2D eigenvalue weighted by molar-refractivity contribution is 7.18. The van der Waals surface area contributed by atoms with Crippen molar-refractivity contribution in [3.63, 3.8) is 0 Å². The van der Waals surface area contributed by atoms with Crippen LogP contribution in [-0.2, 0) is 4.79 Å². The number of nitrogens with two attached hydrogens (primary N) is 1. The maximum absolute atomic E-state index is 12.7. The molecule has 0 aliphatic carbocycles. The molecule has 2 rings (SSSR count). The number of thiophene rings is 1. The van der Waals surface area contributed by atoms with Gasteiger partial charge in [-0.05, 0) is 25.8 Å². The molecule has 2 aromatic heterocycles. The SMILES string of the molecule is CCC(C(=O)NCCN)n1cnc2sc(C)c(C)c2c1=O. The quantitative estimate of drug-likeness (QED) is 0.865. The Labute approximate surface area is 127 Å². The lowest BCUT2D eigenvalue weighted by Gasteiger charge is -2.17. The van der Waals surface area contributed by atoms with E-state index < -0.39 is 6.04 Å². The van der Waals surface area contributed by atoms with Crippen LogP contribution in [0.4, 0.5) is 0 Å². The summed E-state index contributed by atoms with van der Waals surface area (Å²) in [6.45, 7) is 6.52. The summed E-state index contributed by atoms with van der Waals surface area (Å²) in [4.78, 5) is 31.0. The highest BCUT2D eigenvalue weighted by Crippen LogP contribution is 2.26. The summed E-state index contributed by atoms with van der Waals surface area (Å²) in [6, 6.07) is -0.555. The molecule has 2 heterocycles. The summed E-state index contributed by atoms with van der Waals surface area (Å²) in [6.07, 6.45) is 1.99.